The van der Waals surface area contributed by atoms with Gasteiger partial charge in [-0.25, -0.2) is 8.77 Å². The highest BCUT2D eigenvalue weighted by atomic mass is 32.2. The maximum Gasteiger partial charge on any atom is 0.345 e. The van der Waals surface area contributed by atoms with E-state index in [1.54, 1.807) is 36.5 Å². The second-order valence-corrected chi connectivity index (χ2v) is 7.77. The Balaban J connectivity index is 1.74. The molecule has 0 saturated carbocycles. The van der Waals surface area contributed by atoms with Crippen molar-refractivity contribution < 1.29 is 13.2 Å². The summed E-state index contributed by atoms with van der Waals surface area (Å²) >= 11 is 0. The fourth-order valence-corrected chi connectivity index (χ4v) is 4.34. The molecule has 3 aromatic rings. The summed E-state index contributed by atoms with van der Waals surface area (Å²) in [5.74, 6) is 0.288. The summed E-state index contributed by atoms with van der Waals surface area (Å²) in [4.78, 5) is 14.4. The van der Waals surface area contributed by atoms with E-state index in [-0.39, 0.29) is 12.4 Å². The van der Waals surface area contributed by atoms with Crippen LogP contribution in [0.4, 0.5) is 10.6 Å². The van der Waals surface area contributed by atoms with Gasteiger partial charge in [-0.3, -0.25) is 4.90 Å². The number of carbonyl (C=O) groups is 1. The van der Waals surface area contributed by atoms with Gasteiger partial charge in [-0.05, 0) is 29.3 Å². The zero-order valence-corrected chi connectivity index (χ0v) is 15.2. The molecule has 0 aliphatic carbocycles. The van der Waals surface area contributed by atoms with Crippen molar-refractivity contribution in [1.82, 2.24) is 8.28 Å². The molecule has 2 amide bonds. The summed E-state index contributed by atoms with van der Waals surface area (Å²) < 4.78 is 27.8. The van der Waals surface area contributed by atoms with Crippen LogP contribution in [0.1, 0.15) is 11.1 Å². The van der Waals surface area contributed by atoms with Gasteiger partial charge in [0, 0.05) is 12.4 Å². The lowest BCUT2D eigenvalue weighted by Gasteiger charge is -2.34. The molecule has 1 aromatic heterocycles. The van der Waals surface area contributed by atoms with Crippen LogP contribution in [-0.4, -0.2) is 22.7 Å². The van der Waals surface area contributed by atoms with E-state index in [0.29, 0.717) is 0 Å². The van der Waals surface area contributed by atoms with E-state index in [0.717, 1.165) is 19.4 Å². The van der Waals surface area contributed by atoms with Gasteiger partial charge in [0.15, 0.2) is 0 Å². The molecule has 0 atom stereocenters. The number of hydrogen-bond donors (Lipinski definition) is 0. The smallest absolute Gasteiger partial charge is 0.253 e. The van der Waals surface area contributed by atoms with Gasteiger partial charge in [-0.1, -0.05) is 60.7 Å². The molecule has 0 radical (unpaired) electrons. The molecule has 0 N–H and O–H groups in total. The Morgan fingerprint density at radius 2 is 1.52 bits per heavy atom. The molecule has 0 fully saturated rings. The minimum atomic E-state index is -3.98. The zero-order chi connectivity index (χ0) is 18.9. The molecule has 0 saturated heterocycles. The van der Waals surface area contributed by atoms with E-state index >= 15 is 0 Å². The van der Waals surface area contributed by atoms with Crippen LogP contribution in [0.5, 0.6) is 0 Å². The van der Waals surface area contributed by atoms with Gasteiger partial charge in [-0.2, -0.15) is 12.7 Å². The van der Waals surface area contributed by atoms with Crippen molar-refractivity contribution in [3.63, 3.8) is 0 Å². The number of nitrogens with zero attached hydrogens (tertiary/aromatic N) is 3. The van der Waals surface area contributed by atoms with E-state index in [1.807, 2.05) is 48.5 Å². The molecule has 6 nitrogen and oxygen atoms in total. The monoisotopic (exact) mass is 379 g/mol. The average molecular weight is 379 g/mol. The molecule has 2 heterocycles. The number of anilines is 1. The van der Waals surface area contributed by atoms with Crippen LogP contribution in [0.2, 0.25) is 0 Å². The molecule has 27 heavy (non-hydrogen) atoms. The van der Waals surface area contributed by atoms with Crippen molar-refractivity contribution in [3.05, 3.63) is 96.3 Å². The van der Waals surface area contributed by atoms with E-state index < -0.39 is 16.2 Å². The Morgan fingerprint density at radius 1 is 0.852 bits per heavy atom. The Bertz CT molecular complexity index is 1090. The summed E-state index contributed by atoms with van der Waals surface area (Å²) in [6.45, 7) is -0.0324. The van der Waals surface area contributed by atoms with E-state index in [1.165, 1.54) is 11.1 Å². The fraction of sp³-hybridized carbons (Fsp3) is 0.0500. The van der Waals surface area contributed by atoms with Crippen LogP contribution in [-0.2, 0) is 16.8 Å². The largest absolute Gasteiger partial charge is 0.345 e. The van der Waals surface area contributed by atoms with Gasteiger partial charge in [0.2, 0.25) is 0 Å². The normalized spacial score (nSPS) is 15.9. The third-order valence-corrected chi connectivity index (χ3v) is 5.92. The lowest BCUT2D eigenvalue weighted by Crippen LogP contribution is -2.51. The molecule has 0 spiro atoms. The average Bonchev–Trinajstić information content (AvgIpc) is 3.18. The van der Waals surface area contributed by atoms with Crippen LogP contribution in [0.15, 0.2) is 85.2 Å². The van der Waals surface area contributed by atoms with Crippen molar-refractivity contribution in [2.45, 2.75) is 6.54 Å². The van der Waals surface area contributed by atoms with Gasteiger partial charge in [0.25, 0.3) is 0 Å². The fourth-order valence-electron chi connectivity index (χ4n) is 2.93. The maximum absolute atomic E-state index is 13.0. The Labute approximate surface area is 157 Å². The molecule has 0 bridgehead atoms. The van der Waals surface area contributed by atoms with Crippen molar-refractivity contribution in [2.24, 2.45) is 0 Å². The van der Waals surface area contributed by atoms with E-state index in [4.69, 9.17) is 0 Å². The Kier molecular flexibility index (Phi) is 4.29. The number of benzene rings is 2. The Morgan fingerprint density at radius 3 is 2.22 bits per heavy atom. The van der Waals surface area contributed by atoms with Gasteiger partial charge < -0.3 is 0 Å². The number of fused-ring (bicyclic) bond motifs is 1. The summed E-state index contributed by atoms with van der Waals surface area (Å²) in [5.41, 5.74) is 1.64. The highest BCUT2D eigenvalue weighted by Crippen LogP contribution is 2.29. The summed E-state index contributed by atoms with van der Waals surface area (Å²) in [5, 5.41) is 0. The first-order chi connectivity index (χ1) is 13.1. The second-order valence-electron chi connectivity index (χ2n) is 6.04. The first-order valence-electron chi connectivity index (χ1n) is 8.38. The van der Waals surface area contributed by atoms with Crippen LogP contribution < -0.4 is 4.90 Å². The molecule has 7 heteroatoms. The van der Waals surface area contributed by atoms with Crippen molar-refractivity contribution >= 4 is 28.1 Å². The Hall–Kier alpha value is -3.32. The first-order valence-corrected chi connectivity index (χ1v) is 9.78. The van der Waals surface area contributed by atoms with Crippen molar-refractivity contribution in [3.8, 4) is 0 Å². The molecular formula is C20H17N3O3S. The SMILES string of the molecule is O=C1N(/C=C/c2ccccc2)c2cccn2S(=O)(=O)N1Cc1ccccc1. The maximum atomic E-state index is 13.0. The van der Waals surface area contributed by atoms with E-state index in [2.05, 4.69) is 0 Å². The minimum Gasteiger partial charge on any atom is -0.253 e. The zero-order valence-electron chi connectivity index (χ0n) is 14.3. The molecule has 4 rings (SSSR count). The number of urea groups is 1. The highest BCUT2D eigenvalue weighted by Gasteiger charge is 2.40. The van der Waals surface area contributed by atoms with Crippen LogP contribution in [0.3, 0.4) is 0 Å². The molecule has 136 valence electrons. The summed E-state index contributed by atoms with van der Waals surface area (Å²) in [6.07, 6.45) is 4.81. The first kappa shape index (κ1) is 17.1. The van der Waals surface area contributed by atoms with Crippen LogP contribution in [0, 0.1) is 0 Å². The lowest BCUT2D eigenvalue weighted by atomic mass is 10.2. The molecule has 1 aliphatic heterocycles. The third-order valence-electron chi connectivity index (χ3n) is 4.27. The topological polar surface area (TPSA) is 62.6 Å². The highest BCUT2D eigenvalue weighted by molar-refractivity contribution is 7.88. The molecule has 2 aromatic carbocycles. The molecule has 0 unspecified atom stereocenters. The van der Waals surface area contributed by atoms with Crippen LogP contribution >= 0.6 is 0 Å². The summed E-state index contributed by atoms with van der Waals surface area (Å²) in [7, 11) is -3.98. The number of carbonyl (C=O) groups excluding carboxylic acids is 1. The van der Waals surface area contributed by atoms with Gasteiger partial charge >= 0.3 is 16.2 Å². The third kappa shape index (κ3) is 3.13. The number of amides is 2. The van der Waals surface area contributed by atoms with E-state index in [9.17, 15) is 13.2 Å². The number of hydrogen-bond acceptors (Lipinski definition) is 3. The van der Waals surface area contributed by atoms with Crippen LogP contribution in [0.25, 0.3) is 6.08 Å². The molecular weight excluding hydrogens is 362 g/mol. The van der Waals surface area contributed by atoms with Gasteiger partial charge in [0.05, 0.1) is 6.54 Å². The molecule has 1 aliphatic rings. The van der Waals surface area contributed by atoms with Gasteiger partial charge in [0.1, 0.15) is 5.82 Å². The standard InChI is InChI=1S/C20H17N3O3S/c24-20-21(15-13-17-8-3-1-4-9-17)19-12-7-14-22(19)27(25,26)23(20)16-18-10-5-2-6-11-18/h1-15H,16H2/b15-13+. The van der Waals surface area contributed by atoms with Crippen molar-refractivity contribution in [1.29, 1.82) is 0 Å². The van der Waals surface area contributed by atoms with Crippen molar-refractivity contribution in [2.75, 3.05) is 4.90 Å². The lowest BCUT2D eigenvalue weighted by molar-refractivity contribution is 0.228. The van der Waals surface area contributed by atoms with Gasteiger partial charge in [-0.15, -0.1) is 0 Å². The predicted molar refractivity (Wildman–Crippen MR) is 104 cm³/mol. The second kappa shape index (κ2) is 6.77. The quantitative estimate of drug-likeness (QED) is 0.694. The number of rotatable bonds is 4. The predicted octanol–water partition coefficient (Wildman–Crippen LogP) is 3.69. The summed E-state index contributed by atoms with van der Waals surface area (Å²) in [6, 6.07) is 21.1. The number of aromatic nitrogens is 1. The minimum absolute atomic E-state index is 0.0324.